The molecule has 0 unspecified atom stereocenters. The Labute approximate surface area is 120 Å². The highest BCUT2D eigenvalue weighted by Gasteiger charge is 2.22. The molecule has 0 fully saturated rings. The highest BCUT2D eigenvalue weighted by Crippen LogP contribution is 2.16. The molecule has 0 saturated carbocycles. The predicted molar refractivity (Wildman–Crippen MR) is 78.8 cm³/mol. The van der Waals surface area contributed by atoms with Crippen molar-refractivity contribution in [1.29, 1.82) is 0 Å². The molecule has 0 radical (unpaired) electrons. The summed E-state index contributed by atoms with van der Waals surface area (Å²) in [6, 6.07) is 7.22. The molecular formula is C15H24N2O3. The fourth-order valence-corrected chi connectivity index (χ4v) is 1.83. The number of benzene rings is 1. The van der Waals surface area contributed by atoms with E-state index in [0.29, 0.717) is 19.4 Å². The van der Waals surface area contributed by atoms with Gasteiger partial charge in [0.1, 0.15) is 5.75 Å². The number of carbonyl (C=O) groups excluding carboxylic acids is 1. The van der Waals surface area contributed by atoms with Gasteiger partial charge in [0.05, 0.1) is 12.7 Å². The Morgan fingerprint density at radius 1 is 1.25 bits per heavy atom. The highest BCUT2D eigenvalue weighted by atomic mass is 16.5. The van der Waals surface area contributed by atoms with Gasteiger partial charge in [0.15, 0.2) is 0 Å². The summed E-state index contributed by atoms with van der Waals surface area (Å²) in [5.74, 6) is 0.742. The number of urea groups is 1. The summed E-state index contributed by atoms with van der Waals surface area (Å²) in [4.78, 5) is 11.7. The number of amides is 2. The Balaban J connectivity index is 2.44. The molecule has 0 spiro atoms. The van der Waals surface area contributed by atoms with Gasteiger partial charge in [0.25, 0.3) is 0 Å². The maximum Gasteiger partial charge on any atom is 0.315 e. The first kappa shape index (κ1) is 16.3. The van der Waals surface area contributed by atoms with Crippen LogP contribution in [0.15, 0.2) is 24.3 Å². The summed E-state index contributed by atoms with van der Waals surface area (Å²) in [7, 11) is 1.60. The van der Waals surface area contributed by atoms with Crippen molar-refractivity contribution in [3.05, 3.63) is 29.8 Å². The average molecular weight is 280 g/mol. The summed E-state index contributed by atoms with van der Waals surface area (Å²) in [5, 5.41) is 15.5. The van der Waals surface area contributed by atoms with Gasteiger partial charge >= 0.3 is 6.03 Å². The summed E-state index contributed by atoms with van der Waals surface area (Å²) >= 11 is 0. The molecule has 112 valence electrons. The third-order valence-corrected chi connectivity index (χ3v) is 3.53. The lowest BCUT2D eigenvalue weighted by atomic mass is 9.98. The second kappa shape index (κ2) is 7.75. The van der Waals surface area contributed by atoms with Crippen LogP contribution in [0.1, 0.15) is 32.3 Å². The molecule has 1 aromatic rings. The topological polar surface area (TPSA) is 70.6 Å². The Bertz CT molecular complexity index is 431. The zero-order valence-electron chi connectivity index (χ0n) is 12.4. The zero-order valence-corrected chi connectivity index (χ0v) is 12.4. The molecule has 0 atom stereocenters. The van der Waals surface area contributed by atoms with Crippen LogP contribution in [-0.4, -0.2) is 30.4 Å². The smallest absolute Gasteiger partial charge is 0.315 e. The molecule has 5 heteroatoms. The molecule has 0 saturated heterocycles. The molecule has 3 N–H and O–H groups in total. The molecule has 5 nitrogen and oxygen atoms in total. The van der Waals surface area contributed by atoms with Crippen LogP contribution in [-0.2, 0) is 6.54 Å². The van der Waals surface area contributed by atoms with Crippen molar-refractivity contribution in [2.24, 2.45) is 0 Å². The largest absolute Gasteiger partial charge is 0.496 e. The third-order valence-electron chi connectivity index (χ3n) is 3.53. The number of para-hydroxylation sites is 1. The van der Waals surface area contributed by atoms with Crippen molar-refractivity contribution in [1.82, 2.24) is 10.6 Å². The van der Waals surface area contributed by atoms with Crippen LogP contribution in [0.4, 0.5) is 4.79 Å². The van der Waals surface area contributed by atoms with E-state index in [-0.39, 0.29) is 12.6 Å². The molecule has 20 heavy (non-hydrogen) atoms. The van der Waals surface area contributed by atoms with Gasteiger partial charge in [0, 0.05) is 18.7 Å². The van der Waals surface area contributed by atoms with Crippen LogP contribution < -0.4 is 15.4 Å². The normalized spacial score (nSPS) is 11.0. The summed E-state index contributed by atoms with van der Waals surface area (Å²) < 4.78 is 5.21. The minimum Gasteiger partial charge on any atom is -0.496 e. The number of hydrogen-bond acceptors (Lipinski definition) is 3. The predicted octanol–water partition coefficient (Wildman–Crippen LogP) is 2.05. The van der Waals surface area contributed by atoms with E-state index >= 15 is 0 Å². The van der Waals surface area contributed by atoms with E-state index in [0.717, 1.165) is 11.3 Å². The third kappa shape index (κ3) is 4.74. The van der Waals surface area contributed by atoms with Gasteiger partial charge in [-0.15, -0.1) is 0 Å². The molecular weight excluding hydrogens is 256 g/mol. The van der Waals surface area contributed by atoms with Gasteiger partial charge in [0.2, 0.25) is 0 Å². The second-order valence-corrected chi connectivity index (χ2v) is 4.78. The van der Waals surface area contributed by atoms with Gasteiger partial charge in [-0.1, -0.05) is 32.0 Å². The Morgan fingerprint density at radius 2 is 1.90 bits per heavy atom. The molecule has 0 aliphatic rings. The van der Waals surface area contributed by atoms with Crippen molar-refractivity contribution >= 4 is 6.03 Å². The van der Waals surface area contributed by atoms with E-state index in [4.69, 9.17) is 4.74 Å². The number of hydrogen-bond donors (Lipinski definition) is 3. The quantitative estimate of drug-likeness (QED) is 0.716. The van der Waals surface area contributed by atoms with Crippen LogP contribution in [0, 0.1) is 0 Å². The van der Waals surface area contributed by atoms with E-state index in [9.17, 15) is 9.90 Å². The lowest BCUT2D eigenvalue weighted by Gasteiger charge is -2.25. The summed E-state index contributed by atoms with van der Waals surface area (Å²) in [6.45, 7) is 4.43. The van der Waals surface area contributed by atoms with E-state index in [1.165, 1.54) is 0 Å². The van der Waals surface area contributed by atoms with Crippen LogP contribution in [0.5, 0.6) is 5.75 Å². The fourth-order valence-electron chi connectivity index (χ4n) is 1.83. The van der Waals surface area contributed by atoms with Gasteiger partial charge < -0.3 is 20.5 Å². The summed E-state index contributed by atoms with van der Waals surface area (Å²) in [5.41, 5.74) is 0.0771. The highest BCUT2D eigenvalue weighted by molar-refractivity contribution is 5.74. The fraction of sp³-hybridized carbons (Fsp3) is 0.533. The SMILES string of the molecule is CCC(O)(CC)CNC(=O)NCc1ccccc1OC. The summed E-state index contributed by atoms with van der Waals surface area (Å²) in [6.07, 6.45) is 1.21. The van der Waals surface area contributed by atoms with Gasteiger partial charge in [-0.25, -0.2) is 4.79 Å². The Kier molecular flexibility index (Phi) is 6.31. The van der Waals surface area contributed by atoms with Crippen LogP contribution in [0.3, 0.4) is 0 Å². The minimum atomic E-state index is -0.832. The van der Waals surface area contributed by atoms with Crippen molar-refractivity contribution in [2.45, 2.75) is 38.8 Å². The van der Waals surface area contributed by atoms with Crippen LogP contribution in [0.2, 0.25) is 0 Å². The lowest BCUT2D eigenvalue weighted by molar-refractivity contribution is 0.0349. The zero-order chi connectivity index (χ0) is 15.0. The van der Waals surface area contributed by atoms with E-state index in [2.05, 4.69) is 10.6 Å². The maximum absolute atomic E-state index is 11.7. The lowest BCUT2D eigenvalue weighted by Crippen LogP contribution is -2.45. The molecule has 0 aliphatic carbocycles. The van der Waals surface area contributed by atoms with Crippen LogP contribution in [0.25, 0.3) is 0 Å². The molecule has 0 heterocycles. The van der Waals surface area contributed by atoms with E-state index in [1.807, 2.05) is 38.1 Å². The van der Waals surface area contributed by atoms with Crippen LogP contribution >= 0.6 is 0 Å². The molecule has 0 aliphatic heterocycles. The number of carbonyl (C=O) groups is 1. The van der Waals surface area contributed by atoms with Crippen molar-refractivity contribution in [2.75, 3.05) is 13.7 Å². The molecule has 2 amide bonds. The minimum absolute atomic E-state index is 0.248. The van der Waals surface area contributed by atoms with E-state index in [1.54, 1.807) is 7.11 Å². The monoisotopic (exact) mass is 280 g/mol. The average Bonchev–Trinajstić information content (AvgIpc) is 2.50. The number of nitrogens with one attached hydrogen (secondary N) is 2. The number of aliphatic hydroxyl groups is 1. The Morgan fingerprint density at radius 3 is 2.50 bits per heavy atom. The molecule has 1 rings (SSSR count). The first-order chi connectivity index (χ1) is 9.54. The molecule has 1 aromatic carbocycles. The molecule has 0 aromatic heterocycles. The van der Waals surface area contributed by atoms with Gasteiger partial charge in [-0.05, 0) is 18.9 Å². The molecule has 0 bridgehead atoms. The second-order valence-electron chi connectivity index (χ2n) is 4.78. The first-order valence-corrected chi connectivity index (χ1v) is 6.90. The number of rotatable bonds is 7. The maximum atomic E-state index is 11.7. The van der Waals surface area contributed by atoms with Crippen molar-refractivity contribution in [3.8, 4) is 5.75 Å². The van der Waals surface area contributed by atoms with Crippen molar-refractivity contribution < 1.29 is 14.6 Å². The first-order valence-electron chi connectivity index (χ1n) is 6.90. The van der Waals surface area contributed by atoms with Gasteiger partial charge in [-0.2, -0.15) is 0 Å². The standard InChI is InChI=1S/C15H24N2O3/c1-4-15(19,5-2)11-17-14(18)16-10-12-8-6-7-9-13(12)20-3/h6-9,19H,4-5,10-11H2,1-3H3,(H2,16,17,18). The number of ether oxygens (including phenoxy) is 1. The van der Waals surface area contributed by atoms with E-state index < -0.39 is 5.60 Å². The number of methoxy groups -OCH3 is 1. The van der Waals surface area contributed by atoms with Crippen molar-refractivity contribution in [3.63, 3.8) is 0 Å². The Hall–Kier alpha value is -1.75. The van der Waals surface area contributed by atoms with Gasteiger partial charge in [-0.3, -0.25) is 0 Å².